The molecule has 0 bridgehead atoms. The van der Waals surface area contributed by atoms with Crippen LogP contribution in [-0.4, -0.2) is 0 Å². The maximum atomic E-state index is 13.0. The summed E-state index contributed by atoms with van der Waals surface area (Å²) in [5.41, 5.74) is 0. The molecule has 3 heteroatoms. The Hall–Kier alpha value is -1.51. The highest BCUT2D eigenvalue weighted by atomic mass is 19.2. The van der Waals surface area contributed by atoms with Crippen molar-refractivity contribution in [2.75, 3.05) is 0 Å². The Morgan fingerprint density at radius 2 is 1.46 bits per heavy atom. The van der Waals surface area contributed by atoms with Crippen LogP contribution in [0.15, 0.2) is 24.3 Å². The molecule has 0 nitrogen and oxygen atoms in total. The first kappa shape index (κ1) is 8.10. The second-order valence-electron chi connectivity index (χ2n) is 2.61. The first-order valence-corrected chi connectivity index (χ1v) is 3.64. The normalized spacial score (nSPS) is 10.7. The highest BCUT2D eigenvalue weighted by Crippen LogP contribution is 2.22. The lowest BCUT2D eigenvalue weighted by atomic mass is 10.1. The van der Waals surface area contributed by atoms with E-state index in [0.29, 0.717) is 0 Å². The molecule has 65 valence electrons. The standard InChI is InChI=1S/C10H4F3/c11-8-5-9(12)10(13)7-4-2-1-3-6(7)8/h1-4H. The number of fused-ring (bicyclic) bond motifs is 1. The topological polar surface area (TPSA) is 0 Å². The zero-order chi connectivity index (χ0) is 9.42. The Bertz CT molecular complexity index is 463. The summed E-state index contributed by atoms with van der Waals surface area (Å²) in [6, 6.07) is 7.45. The van der Waals surface area contributed by atoms with Gasteiger partial charge in [-0.2, -0.15) is 0 Å². The lowest BCUT2D eigenvalue weighted by Crippen LogP contribution is -1.90. The zero-order valence-electron chi connectivity index (χ0n) is 6.44. The molecule has 0 aliphatic rings. The second kappa shape index (κ2) is 2.76. The minimum absolute atomic E-state index is 0.0430. The summed E-state index contributed by atoms with van der Waals surface area (Å²) in [5.74, 6) is -3.21. The monoisotopic (exact) mass is 181 g/mol. The van der Waals surface area contributed by atoms with Gasteiger partial charge in [0.05, 0.1) is 6.07 Å². The van der Waals surface area contributed by atoms with Crippen LogP contribution in [0.25, 0.3) is 10.8 Å². The average molecular weight is 181 g/mol. The quantitative estimate of drug-likeness (QED) is 0.548. The third kappa shape index (κ3) is 1.16. The van der Waals surface area contributed by atoms with Crippen LogP contribution in [-0.2, 0) is 0 Å². The van der Waals surface area contributed by atoms with Crippen LogP contribution in [0.2, 0.25) is 0 Å². The van der Waals surface area contributed by atoms with Gasteiger partial charge in [-0.15, -0.1) is 0 Å². The van der Waals surface area contributed by atoms with Gasteiger partial charge in [0.2, 0.25) is 0 Å². The van der Waals surface area contributed by atoms with Gasteiger partial charge in [-0.05, 0) is 0 Å². The SMILES string of the molecule is Fc1[c]c(F)c2ccccc2c1F. The number of halogens is 3. The smallest absolute Gasteiger partial charge is 0.170 e. The molecule has 0 atom stereocenters. The highest BCUT2D eigenvalue weighted by Gasteiger charge is 2.11. The summed E-state index contributed by atoms with van der Waals surface area (Å²) < 4.78 is 38.6. The predicted octanol–water partition coefficient (Wildman–Crippen LogP) is 3.06. The van der Waals surface area contributed by atoms with Crippen LogP contribution in [0.4, 0.5) is 13.2 Å². The van der Waals surface area contributed by atoms with E-state index in [2.05, 4.69) is 0 Å². The van der Waals surface area contributed by atoms with E-state index in [1.165, 1.54) is 18.2 Å². The van der Waals surface area contributed by atoms with Crippen molar-refractivity contribution in [3.8, 4) is 0 Å². The van der Waals surface area contributed by atoms with Gasteiger partial charge >= 0.3 is 0 Å². The van der Waals surface area contributed by atoms with Crippen LogP contribution < -0.4 is 0 Å². The molecule has 0 heterocycles. The maximum absolute atomic E-state index is 13.0. The molecule has 2 aromatic carbocycles. The molecule has 0 fully saturated rings. The van der Waals surface area contributed by atoms with Gasteiger partial charge in [-0.3, -0.25) is 0 Å². The summed E-state index contributed by atoms with van der Waals surface area (Å²) in [6.07, 6.45) is 0. The highest BCUT2D eigenvalue weighted by molar-refractivity contribution is 5.83. The molecule has 0 spiro atoms. The van der Waals surface area contributed by atoms with E-state index in [-0.39, 0.29) is 10.8 Å². The van der Waals surface area contributed by atoms with Crippen molar-refractivity contribution in [1.82, 2.24) is 0 Å². The molecular formula is C10H4F3. The van der Waals surface area contributed by atoms with Gasteiger partial charge in [-0.25, -0.2) is 13.2 Å². The number of benzene rings is 2. The fourth-order valence-electron chi connectivity index (χ4n) is 1.20. The molecule has 0 N–H and O–H groups in total. The van der Waals surface area contributed by atoms with Crippen molar-refractivity contribution < 1.29 is 13.2 Å². The van der Waals surface area contributed by atoms with Crippen LogP contribution in [0, 0.1) is 23.5 Å². The Kier molecular flexibility index (Phi) is 1.72. The van der Waals surface area contributed by atoms with Gasteiger partial charge in [0.1, 0.15) is 5.82 Å². The van der Waals surface area contributed by atoms with Gasteiger partial charge in [0, 0.05) is 10.8 Å². The molecule has 2 rings (SSSR count). The molecule has 0 amide bonds. The van der Waals surface area contributed by atoms with E-state index in [9.17, 15) is 13.2 Å². The van der Waals surface area contributed by atoms with Crippen molar-refractivity contribution in [2.45, 2.75) is 0 Å². The number of rotatable bonds is 0. The molecule has 0 saturated heterocycles. The minimum atomic E-state index is -1.28. The summed E-state index contributed by atoms with van der Waals surface area (Å²) in [6.45, 7) is 0. The first-order chi connectivity index (χ1) is 6.20. The van der Waals surface area contributed by atoms with E-state index in [0.717, 1.165) is 0 Å². The summed E-state index contributed by atoms with van der Waals surface area (Å²) >= 11 is 0. The van der Waals surface area contributed by atoms with E-state index < -0.39 is 17.5 Å². The van der Waals surface area contributed by atoms with E-state index >= 15 is 0 Å². The van der Waals surface area contributed by atoms with Gasteiger partial charge in [0.15, 0.2) is 11.6 Å². The zero-order valence-corrected chi connectivity index (χ0v) is 6.44. The fraction of sp³-hybridized carbons (Fsp3) is 0. The lowest BCUT2D eigenvalue weighted by molar-refractivity contribution is 0.503. The Morgan fingerprint density at radius 3 is 2.15 bits per heavy atom. The molecule has 13 heavy (non-hydrogen) atoms. The van der Waals surface area contributed by atoms with Gasteiger partial charge in [0.25, 0.3) is 0 Å². The van der Waals surface area contributed by atoms with Crippen LogP contribution >= 0.6 is 0 Å². The van der Waals surface area contributed by atoms with Gasteiger partial charge in [-0.1, -0.05) is 24.3 Å². The predicted molar refractivity (Wildman–Crippen MR) is 42.7 cm³/mol. The number of hydrogen-bond acceptors (Lipinski definition) is 0. The average Bonchev–Trinajstić information content (AvgIpc) is 2.15. The van der Waals surface area contributed by atoms with Crippen LogP contribution in [0.1, 0.15) is 0 Å². The summed E-state index contributed by atoms with van der Waals surface area (Å²) in [5, 5.41) is -0.0161. The van der Waals surface area contributed by atoms with E-state index in [1.54, 1.807) is 12.1 Å². The lowest BCUT2D eigenvalue weighted by Gasteiger charge is -2.00. The molecule has 0 aliphatic carbocycles. The fourth-order valence-corrected chi connectivity index (χ4v) is 1.20. The summed E-state index contributed by atoms with van der Waals surface area (Å²) in [7, 11) is 0. The van der Waals surface area contributed by atoms with Crippen molar-refractivity contribution in [1.29, 1.82) is 0 Å². The minimum Gasteiger partial charge on any atom is -0.206 e. The third-order valence-corrected chi connectivity index (χ3v) is 1.81. The van der Waals surface area contributed by atoms with Crippen molar-refractivity contribution in [2.24, 2.45) is 0 Å². The van der Waals surface area contributed by atoms with Gasteiger partial charge < -0.3 is 0 Å². The molecule has 2 aromatic rings. The van der Waals surface area contributed by atoms with Crippen molar-refractivity contribution in [3.05, 3.63) is 47.8 Å². The van der Waals surface area contributed by atoms with E-state index in [4.69, 9.17) is 0 Å². The van der Waals surface area contributed by atoms with Crippen molar-refractivity contribution in [3.63, 3.8) is 0 Å². The molecule has 0 aromatic heterocycles. The Labute approximate surface area is 72.6 Å². The molecular weight excluding hydrogens is 177 g/mol. The van der Waals surface area contributed by atoms with Crippen LogP contribution in [0.5, 0.6) is 0 Å². The maximum Gasteiger partial charge on any atom is 0.170 e. The molecule has 0 aliphatic heterocycles. The largest absolute Gasteiger partial charge is 0.206 e. The third-order valence-electron chi connectivity index (χ3n) is 1.81. The Balaban J connectivity index is 2.97. The first-order valence-electron chi connectivity index (χ1n) is 3.64. The van der Waals surface area contributed by atoms with Crippen LogP contribution in [0.3, 0.4) is 0 Å². The number of hydrogen-bond donors (Lipinski definition) is 0. The Morgan fingerprint density at radius 1 is 0.846 bits per heavy atom. The molecule has 0 saturated carbocycles. The van der Waals surface area contributed by atoms with Crippen molar-refractivity contribution >= 4 is 10.8 Å². The van der Waals surface area contributed by atoms with E-state index in [1.807, 2.05) is 0 Å². The molecule has 1 radical (unpaired) electrons. The second-order valence-corrected chi connectivity index (χ2v) is 2.61. The molecule has 0 unspecified atom stereocenters. The summed E-state index contributed by atoms with van der Waals surface area (Å²) in [4.78, 5) is 0.